The van der Waals surface area contributed by atoms with Crippen molar-refractivity contribution in [3.8, 4) is 0 Å². The average Bonchev–Trinajstić information content (AvgIpc) is 3.01. The first kappa shape index (κ1) is 42.3. The summed E-state index contributed by atoms with van der Waals surface area (Å²) in [5.41, 5.74) is 0. The van der Waals surface area contributed by atoms with E-state index in [1.165, 1.54) is 0 Å². The van der Waals surface area contributed by atoms with Crippen LogP contribution >= 0.6 is 0 Å². The minimum Gasteiger partial charge on any atom is -0.378 e. The molecule has 0 aromatic carbocycles. The van der Waals surface area contributed by atoms with Gasteiger partial charge in [0, 0.05) is 18.1 Å². The second-order valence-electron chi connectivity index (χ2n) is 15.2. The molecule has 0 N–H and O–H groups in total. The van der Waals surface area contributed by atoms with Crippen molar-refractivity contribution in [3.63, 3.8) is 0 Å². The third kappa shape index (κ3) is 9.27. The largest absolute Gasteiger partial charge is 1.00 e. The molecule has 4 saturated heterocycles. The molecule has 0 bridgehead atoms. The number of rotatable bonds is 10. The van der Waals surface area contributed by atoms with Crippen LogP contribution in [-0.2, 0) is 42.7 Å². The van der Waals surface area contributed by atoms with Crippen molar-refractivity contribution < 1.29 is 101 Å². The summed E-state index contributed by atoms with van der Waals surface area (Å²) in [6.07, 6.45) is -0.663. The molecular formula is C37H63O9Rb. The Morgan fingerprint density at radius 3 is 1.62 bits per heavy atom. The van der Waals surface area contributed by atoms with Gasteiger partial charge in [0.25, 0.3) is 0 Å². The first-order chi connectivity index (χ1) is 21.6. The van der Waals surface area contributed by atoms with E-state index in [-0.39, 0.29) is 130 Å². The Morgan fingerprint density at radius 2 is 1.04 bits per heavy atom. The van der Waals surface area contributed by atoms with Gasteiger partial charge in [-0.25, -0.2) is 0 Å². The van der Waals surface area contributed by atoms with Gasteiger partial charge in [-0.3, -0.25) is 16.0 Å². The minimum absolute atomic E-state index is 0. The SMILES string of the molecule is CCC1O[C@@H](O[C@@H]2C(C(C)=O)O[C@@H](O[C@@H]3C(CC)O[C@H](O[C@H]4C(C(C)=O)O[C@@H](C)C(C)[C@@H]4C)[CH-][C@H]3C)C(C)[C@H]2C)C(C)[C@@H](C)[C@@H]1C.[Rb+]. The van der Waals surface area contributed by atoms with Gasteiger partial charge in [0.1, 0.15) is 12.2 Å². The van der Waals surface area contributed by atoms with Crippen molar-refractivity contribution in [1.82, 2.24) is 0 Å². The van der Waals surface area contributed by atoms with Crippen molar-refractivity contribution in [2.75, 3.05) is 0 Å². The first-order valence-electron chi connectivity index (χ1n) is 18.0. The third-order valence-electron chi connectivity index (χ3n) is 12.2. The topological polar surface area (TPSA) is 98.8 Å². The van der Waals surface area contributed by atoms with Crippen LogP contribution in [0.1, 0.15) is 103 Å². The third-order valence-corrected chi connectivity index (χ3v) is 12.2. The van der Waals surface area contributed by atoms with Crippen LogP contribution in [0.25, 0.3) is 0 Å². The predicted octanol–water partition coefficient (Wildman–Crippen LogP) is 3.40. The van der Waals surface area contributed by atoms with Gasteiger partial charge in [-0.05, 0) is 63.2 Å². The first-order valence-corrected chi connectivity index (χ1v) is 18.0. The Bertz CT molecular complexity index is 1030. The Labute approximate surface area is 333 Å². The second-order valence-corrected chi connectivity index (χ2v) is 15.2. The summed E-state index contributed by atoms with van der Waals surface area (Å²) < 4.78 is 45.4. The smallest absolute Gasteiger partial charge is 0.378 e. The van der Waals surface area contributed by atoms with E-state index in [1.807, 2.05) is 13.3 Å². The summed E-state index contributed by atoms with van der Waals surface area (Å²) in [5, 5.41) is 0. The van der Waals surface area contributed by atoms with Gasteiger partial charge in [-0.1, -0.05) is 69.2 Å². The molecule has 47 heavy (non-hydrogen) atoms. The van der Waals surface area contributed by atoms with E-state index >= 15 is 0 Å². The molecule has 4 heterocycles. The van der Waals surface area contributed by atoms with Gasteiger partial charge in [-0.15, -0.1) is 5.92 Å². The molecule has 19 atom stereocenters. The summed E-state index contributed by atoms with van der Waals surface area (Å²) in [6.45, 7) is 26.6. The van der Waals surface area contributed by atoms with E-state index < -0.39 is 43.3 Å². The van der Waals surface area contributed by atoms with Crippen molar-refractivity contribution in [2.24, 2.45) is 47.3 Å². The van der Waals surface area contributed by atoms with Crippen LogP contribution in [0.15, 0.2) is 0 Å². The van der Waals surface area contributed by atoms with Crippen molar-refractivity contribution in [2.45, 2.75) is 171 Å². The molecule has 0 spiro atoms. The monoisotopic (exact) mass is 736 g/mol. The van der Waals surface area contributed by atoms with Gasteiger partial charge < -0.3 is 33.2 Å². The van der Waals surface area contributed by atoms with E-state index in [2.05, 4.69) is 69.2 Å². The van der Waals surface area contributed by atoms with Crippen LogP contribution in [0, 0.1) is 53.8 Å². The fourth-order valence-electron chi connectivity index (χ4n) is 7.99. The van der Waals surface area contributed by atoms with E-state index in [0.717, 1.165) is 6.42 Å². The number of hydrogen-bond donors (Lipinski definition) is 0. The quantitative estimate of drug-likeness (QED) is 0.313. The van der Waals surface area contributed by atoms with Gasteiger partial charge >= 0.3 is 58.2 Å². The molecule has 4 aliphatic heterocycles. The van der Waals surface area contributed by atoms with Crippen LogP contribution < -0.4 is 58.2 Å². The molecule has 0 radical (unpaired) electrons. The number of hydrogen-bond acceptors (Lipinski definition) is 9. The van der Waals surface area contributed by atoms with Gasteiger partial charge in [0.15, 0.2) is 24.1 Å². The van der Waals surface area contributed by atoms with E-state index in [0.29, 0.717) is 18.3 Å². The second kappa shape index (κ2) is 18.1. The molecular weight excluding hydrogens is 674 g/mol. The minimum atomic E-state index is -0.762. The zero-order valence-corrected chi connectivity index (χ0v) is 36.6. The Kier molecular flexibility index (Phi) is 16.3. The van der Waals surface area contributed by atoms with Crippen molar-refractivity contribution >= 4 is 11.6 Å². The fraction of sp³-hybridized carbons (Fsp3) is 0.919. The van der Waals surface area contributed by atoms with Crippen LogP contribution in [0.3, 0.4) is 0 Å². The summed E-state index contributed by atoms with van der Waals surface area (Å²) in [6, 6.07) is 0. The van der Waals surface area contributed by atoms with Crippen LogP contribution in [0.5, 0.6) is 0 Å². The molecule has 4 aliphatic rings. The molecule has 0 aliphatic carbocycles. The van der Waals surface area contributed by atoms with Crippen LogP contribution in [0.4, 0.5) is 0 Å². The molecule has 0 aromatic rings. The molecule has 9 nitrogen and oxygen atoms in total. The standard InChI is InChI=1S/C37H63O9.Rb/c1-14-28-20(6)18(4)23(9)36(42-28)45-33-22(8)24(10)37(46-35(33)26(12)39)44-31-17(3)16-30(41-29(31)15-2)43-32-21(7)19(5)27(13)40-34(32)25(11)38;/h16-24,27-37H,14-15H2,1-13H3;/q-1;+1/t17-,18+,19?,20+,21+,22-,23?,24?,27+,28?,29?,30-,31+,32-,33+,34?,35?,36+,37-;/m1./s1. The van der Waals surface area contributed by atoms with E-state index in [1.54, 1.807) is 13.8 Å². The summed E-state index contributed by atoms with van der Waals surface area (Å²) in [4.78, 5) is 25.6. The summed E-state index contributed by atoms with van der Waals surface area (Å²) in [7, 11) is 0. The Balaban J connectivity index is 0.00000600. The van der Waals surface area contributed by atoms with Gasteiger partial charge in [0.05, 0.1) is 36.6 Å². The zero-order chi connectivity index (χ0) is 34.2. The predicted molar refractivity (Wildman–Crippen MR) is 174 cm³/mol. The number of ketones is 2. The number of carbonyl (C=O) groups excluding carboxylic acids is 2. The summed E-state index contributed by atoms with van der Waals surface area (Å²) in [5.74, 6) is 1.22. The van der Waals surface area contributed by atoms with Crippen molar-refractivity contribution in [3.05, 3.63) is 6.42 Å². The number of Topliss-reactive ketones (excluding diaryl/α,β-unsaturated/α-hetero) is 2. The molecule has 0 saturated carbocycles. The molecule has 0 amide bonds. The summed E-state index contributed by atoms with van der Waals surface area (Å²) >= 11 is 0. The average molecular weight is 737 g/mol. The van der Waals surface area contributed by atoms with E-state index in [4.69, 9.17) is 33.2 Å². The van der Waals surface area contributed by atoms with Crippen LogP contribution in [-0.4, -0.2) is 79.3 Å². The maximum atomic E-state index is 13.0. The van der Waals surface area contributed by atoms with Gasteiger partial charge in [0.2, 0.25) is 0 Å². The molecule has 7 unspecified atom stereocenters. The number of carbonyl (C=O) groups is 2. The molecule has 0 aromatic heterocycles. The Morgan fingerprint density at radius 1 is 0.553 bits per heavy atom. The molecule has 266 valence electrons. The maximum Gasteiger partial charge on any atom is 1.00 e. The number of ether oxygens (including phenoxy) is 7. The maximum absolute atomic E-state index is 13.0. The zero-order valence-electron chi connectivity index (χ0n) is 31.6. The normalized spacial score (nSPS) is 49.2. The fourth-order valence-corrected chi connectivity index (χ4v) is 7.99. The van der Waals surface area contributed by atoms with E-state index in [9.17, 15) is 9.59 Å². The Hall–Kier alpha value is 0.865. The van der Waals surface area contributed by atoms with Crippen molar-refractivity contribution in [1.29, 1.82) is 0 Å². The molecule has 4 rings (SSSR count). The van der Waals surface area contributed by atoms with Gasteiger partial charge in [-0.2, -0.15) is 0 Å². The van der Waals surface area contributed by atoms with Crippen LogP contribution in [0.2, 0.25) is 0 Å². The molecule has 4 fully saturated rings. The molecule has 10 heteroatoms.